The van der Waals surface area contributed by atoms with Crippen LogP contribution < -0.4 is 4.74 Å². The highest BCUT2D eigenvalue weighted by molar-refractivity contribution is 6.33. The minimum atomic E-state index is 0.580. The zero-order valence-corrected chi connectivity index (χ0v) is 15.2. The third-order valence-electron chi connectivity index (χ3n) is 4.25. The standard InChI is InChI=1S/C21H16ClN3O/c1-13-10-11-17(21-23-12-14-6-3-4-8-16(14)25-21)24-20(13)19-15(22)7-5-9-18(19)26-2/h3-12H,1-2H3. The van der Waals surface area contributed by atoms with Crippen molar-refractivity contribution in [2.45, 2.75) is 6.92 Å². The molecule has 4 nitrogen and oxygen atoms in total. The molecule has 128 valence electrons. The summed E-state index contributed by atoms with van der Waals surface area (Å²) in [6.07, 6.45) is 1.81. The first-order valence-corrected chi connectivity index (χ1v) is 8.58. The maximum atomic E-state index is 6.44. The van der Waals surface area contributed by atoms with E-state index in [9.17, 15) is 0 Å². The fraction of sp³-hybridized carbons (Fsp3) is 0.0952. The van der Waals surface area contributed by atoms with Crippen LogP contribution in [-0.4, -0.2) is 22.1 Å². The number of hydrogen-bond donors (Lipinski definition) is 0. The number of aryl methyl sites for hydroxylation is 1. The highest BCUT2D eigenvalue weighted by Gasteiger charge is 2.16. The van der Waals surface area contributed by atoms with Gasteiger partial charge in [-0.25, -0.2) is 15.0 Å². The summed E-state index contributed by atoms with van der Waals surface area (Å²) in [4.78, 5) is 13.9. The van der Waals surface area contributed by atoms with Crippen molar-refractivity contribution in [2.24, 2.45) is 0 Å². The van der Waals surface area contributed by atoms with Crippen molar-refractivity contribution in [3.8, 4) is 28.5 Å². The molecule has 0 fully saturated rings. The second-order valence-electron chi connectivity index (χ2n) is 5.93. The fourth-order valence-electron chi connectivity index (χ4n) is 2.91. The summed E-state index contributed by atoms with van der Waals surface area (Å²) in [6.45, 7) is 2.00. The first-order valence-electron chi connectivity index (χ1n) is 8.20. The van der Waals surface area contributed by atoms with Crippen LogP contribution in [0.15, 0.2) is 60.8 Å². The highest BCUT2D eigenvalue weighted by atomic mass is 35.5. The first-order chi connectivity index (χ1) is 12.7. The van der Waals surface area contributed by atoms with Gasteiger partial charge in [-0.2, -0.15) is 0 Å². The predicted octanol–water partition coefficient (Wildman–Crippen LogP) is 5.33. The third kappa shape index (κ3) is 2.89. The van der Waals surface area contributed by atoms with Gasteiger partial charge < -0.3 is 4.74 Å². The topological polar surface area (TPSA) is 47.9 Å². The second kappa shape index (κ2) is 6.73. The van der Waals surface area contributed by atoms with Gasteiger partial charge in [0.2, 0.25) is 0 Å². The fourth-order valence-corrected chi connectivity index (χ4v) is 3.16. The van der Waals surface area contributed by atoms with E-state index < -0.39 is 0 Å². The van der Waals surface area contributed by atoms with Crippen molar-refractivity contribution in [3.63, 3.8) is 0 Å². The van der Waals surface area contributed by atoms with Gasteiger partial charge in [-0.1, -0.05) is 41.9 Å². The zero-order valence-electron chi connectivity index (χ0n) is 14.4. The molecule has 0 saturated carbocycles. The Balaban J connectivity index is 1.89. The van der Waals surface area contributed by atoms with E-state index in [1.165, 1.54) is 0 Å². The van der Waals surface area contributed by atoms with Crippen molar-refractivity contribution in [2.75, 3.05) is 7.11 Å². The summed E-state index contributed by atoms with van der Waals surface area (Å²) in [5, 5.41) is 1.59. The van der Waals surface area contributed by atoms with Crippen molar-refractivity contribution < 1.29 is 4.74 Å². The van der Waals surface area contributed by atoms with Gasteiger partial charge in [-0.3, -0.25) is 0 Å². The van der Waals surface area contributed by atoms with Gasteiger partial charge in [0.25, 0.3) is 0 Å². The van der Waals surface area contributed by atoms with E-state index in [4.69, 9.17) is 21.3 Å². The number of para-hydroxylation sites is 1. The molecule has 0 aliphatic carbocycles. The van der Waals surface area contributed by atoms with Crippen LogP contribution in [0.25, 0.3) is 33.7 Å². The summed E-state index contributed by atoms with van der Waals surface area (Å²) in [7, 11) is 1.63. The molecule has 0 radical (unpaired) electrons. The van der Waals surface area contributed by atoms with Crippen LogP contribution in [-0.2, 0) is 0 Å². The van der Waals surface area contributed by atoms with E-state index in [1.54, 1.807) is 7.11 Å². The van der Waals surface area contributed by atoms with E-state index in [1.807, 2.05) is 67.7 Å². The Morgan fingerprint density at radius 3 is 2.62 bits per heavy atom. The first kappa shape index (κ1) is 16.5. The van der Waals surface area contributed by atoms with Gasteiger partial charge in [-0.15, -0.1) is 0 Å². The molecule has 5 heteroatoms. The van der Waals surface area contributed by atoms with Crippen molar-refractivity contribution in [1.82, 2.24) is 15.0 Å². The molecule has 0 aliphatic rings. The molecular formula is C21H16ClN3O. The zero-order chi connectivity index (χ0) is 18.1. The van der Waals surface area contributed by atoms with E-state index in [0.717, 1.165) is 27.7 Å². The Bertz CT molecular complexity index is 1110. The molecule has 4 aromatic rings. The molecule has 0 bridgehead atoms. The highest BCUT2D eigenvalue weighted by Crippen LogP contribution is 2.37. The van der Waals surface area contributed by atoms with E-state index in [2.05, 4.69) is 9.97 Å². The van der Waals surface area contributed by atoms with Crippen molar-refractivity contribution >= 4 is 22.5 Å². The molecule has 0 aliphatic heterocycles. The average Bonchev–Trinajstić information content (AvgIpc) is 2.68. The predicted molar refractivity (Wildman–Crippen MR) is 105 cm³/mol. The Labute approximate surface area is 156 Å². The Hall–Kier alpha value is -2.98. The number of pyridine rings is 1. The second-order valence-corrected chi connectivity index (χ2v) is 6.34. The molecule has 4 rings (SSSR count). The molecule has 0 unspecified atom stereocenters. The maximum absolute atomic E-state index is 6.44. The lowest BCUT2D eigenvalue weighted by Crippen LogP contribution is -1.98. The minimum absolute atomic E-state index is 0.580. The smallest absolute Gasteiger partial charge is 0.178 e. The van der Waals surface area contributed by atoms with Crippen LogP contribution in [0.1, 0.15) is 5.56 Å². The lowest BCUT2D eigenvalue weighted by Gasteiger charge is -2.13. The molecule has 26 heavy (non-hydrogen) atoms. The lowest BCUT2D eigenvalue weighted by molar-refractivity contribution is 0.416. The van der Waals surface area contributed by atoms with E-state index in [-0.39, 0.29) is 0 Å². The van der Waals surface area contributed by atoms with Crippen molar-refractivity contribution in [1.29, 1.82) is 0 Å². The van der Waals surface area contributed by atoms with Crippen LogP contribution in [0.3, 0.4) is 0 Å². The van der Waals surface area contributed by atoms with Crippen LogP contribution in [0.2, 0.25) is 5.02 Å². The van der Waals surface area contributed by atoms with Gasteiger partial charge in [-0.05, 0) is 36.8 Å². The molecular weight excluding hydrogens is 346 g/mol. The molecule has 2 aromatic carbocycles. The van der Waals surface area contributed by atoms with Gasteiger partial charge >= 0.3 is 0 Å². The van der Waals surface area contributed by atoms with E-state index >= 15 is 0 Å². The summed E-state index contributed by atoms with van der Waals surface area (Å²) < 4.78 is 5.48. The Kier molecular flexibility index (Phi) is 4.27. The summed E-state index contributed by atoms with van der Waals surface area (Å²) in [5.41, 5.74) is 4.12. The summed E-state index contributed by atoms with van der Waals surface area (Å²) in [6, 6.07) is 17.4. The molecule has 0 amide bonds. The molecule has 0 spiro atoms. The number of methoxy groups -OCH3 is 1. The van der Waals surface area contributed by atoms with Crippen LogP contribution >= 0.6 is 11.6 Å². The monoisotopic (exact) mass is 361 g/mol. The van der Waals surface area contributed by atoms with Gasteiger partial charge in [0.15, 0.2) is 5.82 Å². The van der Waals surface area contributed by atoms with Crippen LogP contribution in [0.5, 0.6) is 5.75 Å². The van der Waals surface area contributed by atoms with Crippen LogP contribution in [0.4, 0.5) is 0 Å². The number of benzene rings is 2. The van der Waals surface area contributed by atoms with Crippen LogP contribution in [0, 0.1) is 6.92 Å². The van der Waals surface area contributed by atoms with Crippen molar-refractivity contribution in [3.05, 3.63) is 71.4 Å². The van der Waals surface area contributed by atoms with Gasteiger partial charge in [0, 0.05) is 11.6 Å². The van der Waals surface area contributed by atoms with E-state index in [0.29, 0.717) is 22.3 Å². The lowest BCUT2D eigenvalue weighted by atomic mass is 10.0. The minimum Gasteiger partial charge on any atom is -0.496 e. The summed E-state index contributed by atoms with van der Waals surface area (Å²) >= 11 is 6.44. The number of halogens is 1. The van der Waals surface area contributed by atoms with Gasteiger partial charge in [0.05, 0.1) is 28.9 Å². The molecule has 0 atom stereocenters. The maximum Gasteiger partial charge on any atom is 0.178 e. The average molecular weight is 362 g/mol. The third-order valence-corrected chi connectivity index (χ3v) is 4.56. The molecule has 2 heterocycles. The number of ether oxygens (including phenoxy) is 1. The number of nitrogens with zero attached hydrogens (tertiary/aromatic N) is 3. The molecule has 0 N–H and O–H groups in total. The normalized spacial score (nSPS) is 10.9. The summed E-state index contributed by atoms with van der Waals surface area (Å²) in [5.74, 6) is 1.26. The number of hydrogen-bond acceptors (Lipinski definition) is 4. The number of rotatable bonds is 3. The quantitative estimate of drug-likeness (QED) is 0.495. The van der Waals surface area contributed by atoms with Gasteiger partial charge in [0.1, 0.15) is 11.4 Å². The SMILES string of the molecule is COc1cccc(Cl)c1-c1nc(-c2ncc3ccccc3n2)ccc1C. The molecule has 0 saturated heterocycles. The Morgan fingerprint density at radius 2 is 1.77 bits per heavy atom. The number of aromatic nitrogens is 3. The number of fused-ring (bicyclic) bond motifs is 1. The molecule has 2 aromatic heterocycles. The largest absolute Gasteiger partial charge is 0.496 e. The Morgan fingerprint density at radius 1 is 0.923 bits per heavy atom.